The van der Waals surface area contributed by atoms with Crippen LogP contribution < -0.4 is 40.1 Å². The zero-order valence-corrected chi connectivity index (χ0v) is 23.0. The molecule has 0 amide bonds. The van der Waals surface area contributed by atoms with Crippen LogP contribution in [0.3, 0.4) is 0 Å². The molecule has 19 N–H and O–H groups in total. The Morgan fingerprint density at radius 2 is 1.33 bits per heavy atom. The molecule has 0 spiro atoms. The lowest BCUT2D eigenvalue weighted by molar-refractivity contribution is -0.159. The predicted octanol–water partition coefficient (Wildman–Crippen LogP) is -4.45. The molecular weight excluding hydrogens is 564 g/mol. The van der Waals surface area contributed by atoms with Crippen LogP contribution in [0.15, 0.2) is 29.3 Å². The van der Waals surface area contributed by atoms with Gasteiger partial charge in [-0.25, -0.2) is 4.79 Å². The molecule has 1 rings (SSSR count). The number of ether oxygens (including phenoxy) is 1. The maximum atomic E-state index is 11.3. The van der Waals surface area contributed by atoms with E-state index in [9.17, 15) is 24.0 Å². The molecule has 0 fully saturated rings. The largest absolute Gasteiger partial charge is 0.508 e. The number of esters is 2. The van der Waals surface area contributed by atoms with E-state index in [1.54, 1.807) is 12.1 Å². The number of carboxylic acid groups (broad SMARTS) is 3. The minimum Gasteiger partial charge on any atom is -0.508 e. The number of nitrogens with two attached hydrogens (primary N) is 7. The second-order valence-corrected chi connectivity index (χ2v) is 8.12. The Hall–Kier alpha value is -4.40. The number of carbonyl (C=O) groups is 5. The monoisotopic (exact) mass is 606 g/mol. The van der Waals surface area contributed by atoms with Gasteiger partial charge in [0.25, 0.3) is 0 Å². The molecule has 0 saturated carbocycles. The van der Waals surface area contributed by atoms with Crippen molar-refractivity contribution in [2.45, 2.75) is 50.4 Å². The Bertz CT molecular complexity index is 987. The van der Waals surface area contributed by atoms with Crippen molar-refractivity contribution in [2.24, 2.45) is 45.1 Å². The summed E-state index contributed by atoms with van der Waals surface area (Å²) < 4.78 is 4.38. The predicted molar refractivity (Wildman–Crippen MR) is 149 cm³/mol. The van der Waals surface area contributed by atoms with Crippen LogP contribution in [0.5, 0.6) is 5.75 Å². The molecule has 19 heteroatoms. The van der Waals surface area contributed by atoms with Gasteiger partial charge in [0.05, 0.1) is 13.2 Å². The van der Waals surface area contributed by atoms with Crippen molar-refractivity contribution in [1.82, 2.24) is 0 Å². The van der Waals surface area contributed by atoms with E-state index >= 15 is 0 Å². The lowest BCUT2D eigenvalue weighted by atomic mass is 10.1. The maximum absolute atomic E-state index is 11.3. The lowest BCUT2D eigenvalue weighted by Crippen LogP contribution is -2.36. The van der Waals surface area contributed by atoms with Crippen LogP contribution in [0, 0.1) is 0 Å². The fraction of sp³-hybridized carbons (Fsp3) is 0.478. The maximum Gasteiger partial charge on any atom is 0.330 e. The molecule has 0 heterocycles. The smallest absolute Gasteiger partial charge is 0.330 e. The molecule has 0 radical (unpaired) electrons. The number of carbonyl (C=O) groups excluding carboxylic acids is 2. The number of hydrogen-bond acceptors (Lipinski definition) is 14. The van der Waals surface area contributed by atoms with Crippen LogP contribution in [0.25, 0.3) is 0 Å². The van der Waals surface area contributed by atoms with Crippen molar-refractivity contribution < 1.29 is 54.2 Å². The average Bonchev–Trinajstić information content (AvgIpc) is 2.92. The van der Waals surface area contributed by atoms with Crippen molar-refractivity contribution in [2.75, 3.05) is 19.7 Å². The van der Waals surface area contributed by atoms with Crippen LogP contribution in [0.4, 0.5) is 0 Å². The Balaban J connectivity index is -0.000000529. The number of aliphatic carboxylic acids is 3. The van der Waals surface area contributed by atoms with E-state index < -0.39 is 60.6 Å². The number of benzene rings is 1. The first-order valence-corrected chi connectivity index (χ1v) is 12.0. The summed E-state index contributed by atoms with van der Waals surface area (Å²) in [6.07, 6.45) is 1.18. The number of aliphatic imine (C=N–C) groups is 1. The van der Waals surface area contributed by atoms with E-state index in [4.69, 9.17) is 65.7 Å². The molecule has 1 aromatic carbocycles. The zero-order valence-electron chi connectivity index (χ0n) is 23.0. The Kier molecular flexibility index (Phi) is 24.4. The van der Waals surface area contributed by atoms with Crippen LogP contribution in [-0.4, -0.2) is 105 Å². The summed E-state index contributed by atoms with van der Waals surface area (Å²) in [7, 11) is 0. The number of guanidine groups is 1. The van der Waals surface area contributed by atoms with Gasteiger partial charge in [-0.1, -0.05) is 12.1 Å². The zero-order chi connectivity index (χ0) is 33.4. The molecule has 0 bridgehead atoms. The van der Waals surface area contributed by atoms with Crippen molar-refractivity contribution in [3.63, 3.8) is 0 Å². The highest BCUT2D eigenvalue weighted by Crippen LogP contribution is 2.11. The van der Waals surface area contributed by atoms with Gasteiger partial charge in [-0.2, -0.15) is 0 Å². The average molecular weight is 607 g/mol. The molecule has 0 unspecified atom stereocenters. The second-order valence-electron chi connectivity index (χ2n) is 8.12. The van der Waals surface area contributed by atoms with Crippen molar-refractivity contribution in [3.8, 4) is 5.75 Å². The van der Waals surface area contributed by atoms with Crippen molar-refractivity contribution in [1.29, 1.82) is 0 Å². The first-order chi connectivity index (χ1) is 19.4. The van der Waals surface area contributed by atoms with E-state index in [2.05, 4.69) is 9.73 Å². The first kappa shape index (κ1) is 42.1. The third kappa shape index (κ3) is 25.9. The summed E-state index contributed by atoms with van der Waals surface area (Å²) in [5, 5.41) is 41.2. The number of aliphatic hydroxyl groups is 1. The molecule has 1 aromatic rings. The fourth-order valence-electron chi connectivity index (χ4n) is 1.92. The fourth-order valence-corrected chi connectivity index (χ4v) is 1.92. The SMILES string of the molecule is C[C@H](N)C(=O)O.NC(N)=NCCC[C@H](N)C(=O)O.NCC(=O)OC(=O)[C@@H](N)Cc1ccc(O)cc1.N[C@@H](CO)C(=O)O. The van der Waals surface area contributed by atoms with Gasteiger partial charge in [-0.15, -0.1) is 0 Å². The second kappa shape index (κ2) is 24.4. The van der Waals surface area contributed by atoms with Crippen LogP contribution in [0.2, 0.25) is 0 Å². The molecule has 0 saturated heterocycles. The number of phenols is 1. The van der Waals surface area contributed by atoms with E-state index in [0.717, 1.165) is 5.56 Å². The van der Waals surface area contributed by atoms with Gasteiger partial charge in [0.1, 0.15) is 29.9 Å². The van der Waals surface area contributed by atoms with Crippen molar-refractivity contribution in [3.05, 3.63) is 29.8 Å². The van der Waals surface area contributed by atoms with Gasteiger partial charge in [-0.05, 0) is 43.9 Å². The minimum atomic E-state index is -1.18. The molecule has 4 atom stereocenters. The van der Waals surface area contributed by atoms with Gasteiger partial charge in [0, 0.05) is 6.54 Å². The summed E-state index contributed by atoms with van der Waals surface area (Å²) in [4.78, 5) is 55.2. The molecule has 42 heavy (non-hydrogen) atoms. The van der Waals surface area contributed by atoms with E-state index in [1.165, 1.54) is 19.1 Å². The summed E-state index contributed by atoms with van der Waals surface area (Å²) in [6, 6.07) is 2.62. The molecule has 0 aliphatic heterocycles. The molecule has 240 valence electrons. The third-order valence-electron chi connectivity index (χ3n) is 4.26. The lowest BCUT2D eigenvalue weighted by Gasteiger charge is -2.09. The van der Waals surface area contributed by atoms with Crippen LogP contribution in [-0.2, 0) is 35.1 Å². The Morgan fingerprint density at radius 3 is 1.67 bits per heavy atom. The van der Waals surface area contributed by atoms with Gasteiger partial charge in [0.2, 0.25) is 0 Å². The summed E-state index contributed by atoms with van der Waals surface area (Å²) in [5.41, 5.74) is 36.2. The molecule has 0 aromatic heterocycles. The quantitative estimate of drug-likeness (QED) is 0.0350. The van der Waals surface area contributed by atoms with E-state index in [0.29, 0.717) is 19.4 Å². The number of rotatable bonds is 12. The highest BCUT2D eigenvalue weighted by Gasteiger charge is 2.18. The van der Waals surface area contributed by atoms with Crippen molar-refractivity contribution >= 4 is 35.8 Å². The molecule has 19 nitrogen and oxygen atoms in total. The summed E-state index contributed by atoms with van der Waals surface area (Å²) in [6.45, 7) is 0.971. The Labute approximate surface area is 241 Å². The summed E-state index contributed by atoms with van der Waals surface area (Å²) in [5.74, 6) is -4.62. The number of aromatic hydroxyl groups is 1. The molecular formula is C23H42N8O11. The minimum absolute atomic E-state index is 0.0129. The molecule has 0 aliphatic carbocycles. The van der Waals surface area contributed by atoms with E-state index in [-0.39, 0.29) is 24.7 Å². The van der Waals surface area contributed by atoms with Crippen LogP contribution >= 0.6 is 0 Å². The number of phenolic OH excluding ortho intramolecular Hbond substituents is 1. The van der Waals surface area contributed by atoms with Gasteiger partial charge in [0.15, 0.2) is 5.96 Å². The highest BCUT2D eigenvalue weighted by atomic mass is 16.6. The normalized spacial score (nSPS) is 12.5. The Morgan fingerprint density at radius 1 is 0.857 bits per heavy atom. The first-order valence-electron chi connectivity index (χ1n) is 12.0. The van der Waals surface area contributed by atoms with Gasteiger partial charge >= 0.3 is 29.8 Å². The van der Waals surface area contributed by atoms with Crippen LogP contribution in [0.1, 0.15) is 25.3 Å². The number of hydrogen-bond donors (Lipinski definition) is 12. The number of aliphatic hydroxyl groups excluding tert-OH is 1. The topological polar surface area (TPSA) is 390 Å². The van der Waals surface area contributed by atoms with E-state index in [1.807, 2.05) is 0 Å². The highest BCUT2D eigenvalue weighted by molar-refractivity contribution is 5.89. The standard InChI is InChI=1S/C11H14N2O4.C6H14N4O2.C3H7NO3.C3H7NO2/c12-6-10(15)17-11(16)9(13)5-7-1-3-8(14)4-2-7;7-4(5(11)12)2-1-3-10-6(8)9;4-2(1-5)3(6)7;1-2(4)3(5)6/h1-4,9,14H,5-6,12-13H2;4H,1-3,7H2,(H,11,12)(H4,8,9,10);2,5H,1,4H2,(H,6,7);2H,4H2,1H3,(H,5,6)/t9-;4-;2*2-/m0000/s1. The number of carboxylic acids is 3. The summed E-state index contributed by atoms with van der Waals surface area (Å²) >= 11 is 0. The number of nitrogens with zero attached hydrogens (tertiary/aromatic N) is 1. The third-order valence-corrected chi connectivity index (χ3v) is 4.26. The van der Waals surface area contributed by atoms with Gasteiger partial charge < -0.3 is 70.4 Å². The van der Waals surface area contributed by atoms with Gasteiger partial charge in [-0.3, -0.25) is 24.2 Å². The molecule has 0 aliphatic rings.